The van der Waals surface area contributed by atoms with Crippen molar-refractivity contribution in [3.05, 3.63) is 280 Å². The van der Waals surface area contributed by atoms with Crippen molar-refractivity contribution >= 4 is 57.2 Å². The fraction of sp³-hybridized carbons (Fsp3) is 0.0704. The van der Waals surface area contributed by atoms with Crippen LogP contribution in [0.1, 0.15) is 61.2 Å². The maximum atomic E-state index is 7.29. The van der Waals surface area contributed by atoms with E-state index in [9.17, 15) is 0 Å². The zero-order chi connectivity index (χ0) is 49.2. The van der Waals surface area contributed by atoms with Crippen molar-refractivity contribution in [3.63, 3.8) is 0 Å². The molecule has 0 amide bonds. The fourth-order valence-corrected chi connectivity index (χ4v) is 15.8. The molecule has 3 nitrogen and oxygen atoms in total. The van der Waals surface area contributed by atoms with Crippen LogP contribution < -0.4 is 30.9 Å². The van der Waals surface area contributed by atoms with Crippen LogP contribution in [0.25, 0.3) is 44.5 Å². The molecule has 0 saturated carbocycles. The standard InChI is InChI=1S/C71H45BN2O/c1-40-32-61-67-62(33-40)74(44-29-31-52-50-21-9-15-27-58(50)71(60(52)39-44)55-24-12-6-18-47(55)48-19-7-13-25-56(48)71)64-35-42(3)37-66-69(64)72(67)68-63(34-41(2)36-65(68)75-66)73(61)43-28-30-51-49-20-8-14-26-57(49)70(59(51)38-43)53-22-10-4-16-45(53)46-17-5-11-23-54(46)70/h4-39H,1-3H3. The summed E-state index contributed by atoms with van der Waals surface area (Å²) in [5, 5.41) is 0. The second kappa shape index (κ2) is 13.7. The molecule has 75 heavy (non-hydrogen) atoms. The Morgan fingerprint density at radius 3 is 0.907 bits per heavy atom. The number of ether oxygens (including phenoxy) is 1. The van der Waals surface area contributed by atoms with Gasteiger partial charge in [-0.3, -0.25) is 0 Å². The fourth-order valence-electron chi connectivity index (χ4n) is 15.8. The molecule has 4 aliphatic carbocycles. The number of hydrogen-bond donors (Lipinski definition) is 0. The lowest BCUT2D eigenvalue weighted by Crippen LogP contribution is -2.63. The number of rotatable bonds is 2. The topological polar surface area (TPSA) is 15.7 Å². The van der Waals surface area contributed by atoms with Gasteiger partial charge in [-0.05, 0) is 204 Å². The summed E-state index contributed by atoms with van der Waals surface area (Å²) in [4.78, 5) is 5.18. The van der Waals surface area contributed by atoms with Crippen LogP contribution in [0.3, 0.4) is 0 Å². The van der Waals surface area contributed by atoms with Gasteiger partial charge in [-0.15, -0.1) is 0 Å². The highest BCUT2D eigenvalue weighted by Crippen LogP contribution is 2.65. The summed E-state index contributed by atoms with van der Waals surface area (Å²) in [5.74, 6) is 1.88. The van der Waals surface area contributed by atoms with E-state index in [1.165, 1.54) is 145 Å². The Hall–Kier alpha value is -9.12. The van der Waals surface area contributed by atoms with Crippen LogP contribution in [0.2, 0.25) is 0 Å². The average Bonchev–Trinajstić information content (AvgIpc) is 4.14. The lowest BCUT2D eigenvalue weighted by molar-refractivity contribution is 0.486. The minimum atomic E-state index is -0.470. The molecule has 3 aliphatic heterocycles. The zero-order valence-corrected chi connectivity index (χ0v) is 41.7. The summed E-state index contributed by atoms with van der Waals surface area (Å²) in [6.45, 7) is 6.68. The lowest BCUT2D eigenvalue weighted by Gasteiger charge is -2.47. The third kappa shape index (κ3) is 4.65. The van der Waals surface area contributed by atoms with Gasteiger partial charge in [0.2, 0.25) is 0 Å². The highest BCUT2D eigenvalue weighted by molar-refractivity contribution is 7.01. The number of hydrogen-bond acceptors (Lipinski definition) is 3. The van der Waals surface area contributed by atoms with E-state index in [0.29, 0.717) is 0 Å². The Morgan fingerprint density at radius 1 is 0.293 bits per heavy atom. The Morgan fingerprint density at radius 2 is 0.573 bits per heavy atom. The van der Waals surface area contributed by atoms with Gasteiger partial charge in [-0.1, -0.05) is 158 Å². The molecule has 7 aliphatic rings. The third-order valence-electron chi connectivity index (χ3n) is 18.3. The van der Waals surface area contributed by atoms with Crippen LogP contribution in [0, 0.1) is 20.8 Å². The molecule has 0 N–H and O–H groups in total. The van der Waals surface area contributed by atoms with E-state index in [-0.39, 0.29) is 6.71 Å². The van der Waals surface area contributed by atoms with Crippen molar-refractivity contribution in [2.75, 3.05) is 9.80 Å². The molecular formula is C71H45BN2O. The monoisotopic (exact) mass is 952 g/mol. The highest BCUT2D eigenvalue weighted by atomic mass is 16.5. The zero-order valence-electron chi connectivity index (χ0n) is 41.7. The molecule has 0 saturated heterocycles. The molecule has 2 spiro atoms. The Labute approximate surface area is 436 Å². The number of anilines is 6. The van der Waals surface area contributed by atoms with Gasteiger partial charge in [-0.2, -0.15) is 0 Å². The summed E-state index contributed by atoms with van der Waals surface area (Å²) in [6, 6.07) is 83.7. The maximum absolute atomic E-state index is 7.29. The van der Waals surface area contributed by atoms with Crippen molar-refractivity contribution in [1.29, 1.82) is 0 Å². The molecule has 3 heterocycles. The van der Waals surface area contributed by atoms with E-state index in [2.05, 4.69) is 249 Å². The summed E-state index contributed by atoms with van der Waals surface area (Å²) in [6.07, 6.45) is 0. The predicted octanol–water partition coefficient (Wildman–Crippen LogP) is 15.5. The van der Waals surface area contributed by atoms with Gasteiger partial charge in [0.05, 0.1) is 10.8 Å². The first-order valence-electron chi connectivity index (χ1n) is 26.5. The minimum Gasteiger partial charge on any atom is -0.458 e. The first kappa shape index (κ1) is 40.4. The van der Waals surface area contributed by atoms with Crippen LogP contribution >= 0.6 is 0 Å². The van der Waals surface area contributed by atoms with Crippen molar-refractivity contribution in [3.8, 4) is 56.0 Å². The van der Waals surface area contributed by atoms with E-state index in [1.54, 1.807) is 0 Å². The molecule has 0 bridgehead atoms. The van der Waals surface area contributed by atoms with E-state index in [4.69, 9.17) is 4.74 Å². The summed E-state index contributed by atoms with van der Waals surface area (Å²) >= 11 is 0. The van der Waals surface area contributed by atoms with Crippen LogP contribution in [0.5, 0.6) is 11.5 Å². The maximum Gasteiger partial charge on any atom is 0.261 e. The van der Waals surface area contributed by atoms with E-state index in [1.807, 2.05) is 0 Å². The van der Waals surface area contributed by atoms with Crippen LogP contribution in [0.15, 0.2) is 218 Å². The number of fused-ring (bicyclic) bond motifs is 20. The van der Waals surface area contributed by atoms with Crippen molar-refractivity contribution in [1.82, 2.24) is 0 Å². The smallest absolute Gasteiger partial charge is 0.261 e. The van der Waals surface area contributed by atoms with Gasteiger partial charge in [0.25, 0.3) is 6.71 Å². The number of nitrogens with zero attached hydrogens (tertiary/aromatic N) is 2. The quantitative estimate of drug-likeness (QED) is 0.161. The molecule has 0 unspecified atom stereocenters. The highest BCUT2D eigenvalue weighted by Gasteiger charge is 2.55. The number of benzene rings is 11. The second-order valence-corrected chi connectivity index (χ2v) is 22.0. The molecular weight excluding hydrogens is 908 g/mol. The van der Waals surface area contributed by atoms with Gasteiger partial charge >= 0.3 is 0 Å². The summed E-state index contributed by atoms with van der Waals surface area (Å²) < 4.78 is 7.29. The van der Waals surface area contributed by atoms with Crippen LogP contribution in [-0.4, -0.2) is 6.71 Å². The van der Waals surface area contributed by atoms with E-state index in [0.717, 1.165) is 22.9 Å². The average molecular weight is 953 g/mol. The van der Waals surface area contributed by atoms with E-state index >= 15 is 0 Å². The van der Waals surface area contributed by atoms with Gasteiger partial charge < -0.3 is 14.5 Å². The molecule has 11 aromatic carbocycles. The lowest BCUT2D eigenvalue weighted by atomic mass is 9.32. The summed E-state index contributed by atoms with van der Waals surface area (Å²) in [7, 11) is 0. The molecule has 11 aromatic rings. The predicted molar refractivity (Wildman–Crippen MR) is 307 cm³/mol. The largest absolute Gasteiger partial charge is 0.458 e. The second-order valence-electron chi connectivity index (χ2n) is 22.0. The molecule has 0 fully saturated rings. The van der Waals surface area contributed by atoms with Crippen LogP contribution in [0.4, 0.5) is 34.1 Å². The van der Waals surface area contributed by atoms with E-state index < -0.39 is 10.8 Å². The van der Waals surface area contributed by atoms with Crippen molar-refractivity contribution < 1.29 is 4.74 Å². The molecule has 18 rings (SSSR count). The third-order valence-corrected chi connectivity index (χ3v) is 18.3. The van der Waals surface area contributed by atoms with Gasteiger partial charge in [0, 0.05) is 34.1 Å². The Kier molecular flexibility index (Phi) is 7.39. The van der Waals surface area contributed by atoms with Gasteiger partial charge in [-0.25, -0.2) is 0 Å². The molecule has 348 valence electrons. The molecule has 4 heteroatoms. The van der Waals surface area contributed by atoms with Gasteiger partial charge in [0.15, 0.2) is 0 Å². The molecule has 0 aromatic heterocycles. The minimum absolute atomic E-state index is 0.0368. The number of aryl methyl sites for hydroxylation is 3. The van der Waals surface area contributed by atoms with Crippen molar-refractivity contribution in [2.45, 2.75) is 31.6 Å². The van der Waals surface area contributed by atoms with Crippen molar-refractivity contribution in [2.24, 2.45) is 0 Å². The Balaban J connectivity index is 0.904. The Bertz CT molecular complexity index is 4080. The van der Waals surface area contributed by atoms with Crippen LogP contribution in [-0.2, 0) is 10.8 Å². The normalized spacial score (nSPS) is 15.4. The molecule has 0 radical (unpaired) electrons. The first-order chi connectivity index (χ1) is 36.9. The summed E-state index contributed by atoms with van der Waals surface area (Å²) in [5.41, 5.74) is 34.6. The van der Waals surface area contributed by atoms with Gasteiger partial charge in [0.1, 0.15) is 11.5 Å². The molecule has 0 atom stereocenters. The SMILES string of the molecule is Cc1cc2c3c(c1)N(c1ccc4c(c1)C1(c5ccccc5-c5ccccc51)c1ccccc1-4)c1cc(C)cc4c1B3c1c(cc(C)cc1N4c1ccc3c(c1)C1(c4ccccc4-c4ccccc41)c1ccccc1-3)O2. The first-order valence-corrected chi connectivity index (χ1v) is 26.5.